The second kappa shape index (κ2) is 11.3. The number of terminal acetylenes is 1. The van der Waals surface area contributed by atoms with Gasteiger partial charge >= 0.3 is 0 Å². The first-order chi connectivity index (χ1) is 6.41. The molecule has 74 valence electrons. The van der Waals surface area contributed by atoms with Gasteiger partial charge in [-0.05, 0) is 38.8 Å². The van der Waals surface area contributed by atoms with E-state index in [1.807, 2.05) is 0 Å². The van der Waals surface area contributed by atoms with Crippen molar-refractivity contribution < 1.29 is 0 Å². The Kier molecular flexibility index (Phi) is 10.6. The highest BCUT2D eigenvalue weighted by molar-refractivity contribution is 4.87. The molecule has 0 aliphatic rings. The van der Waals surface area contributed by atoms with Crippen molar-refractivity contribution in [2.75, 3.05) is 13.1 Å². The summed E-state index contributed by atoms with van der Waals surface area (Å²) in [6.45, 7) is 4.41. The number of hydrogen-bond donors (Lipinski definition) is 1. The van der Waals surface area contributed by atoms with Crippen LogP contribution in [-0.4, -0.2) is 13.1 Å². The summed E-state index contributed by atoms with van der Waals surface area (Å²) in [5.41, 5.74) is 0. The van der Waals surface area contributed by atoms with Gasteiger partial charge in [-0.25, -0.2) is 0 Å². The van der Waals surface area contributed by atoms with Gasteiger partial charge in [-0.3, -0.25) is 0 Å². The molecule has 0 rings (SSSR count). The first-order valence-corrected chi connectivity index (χ1v) is 5.21. The summed E-state index contributed by atoms with van der Waals surface area (Å²) in [6.07, 6.45) is 15.1. The van der Waals surface area contributed by atoms with Crippen LogP contribution in [-0.2, 0) is 0 Å². The fraction of sp³-hybridized carbons (Fsp3) is 0.667. The third-order valence-electron chi connectivity index (χ3n) is 1.77. The molecule has 0 spiro atoms. The van der Waals surface area contributed by atoms with Crippen LogP contribution in [0.1, 0.15) is 39.0 Å². The van der Waals surface area contributed by atoms with Crippen molar-refractivity contribution in [3.8, 4) is 12.3 Å². The number of rotatable bonds is 8. The number of allylic oxidation sites excluding steroid dienone is 1. The van der Waals surface area contributed by atoms with Crippen LogP contribution in [0.15, 0.2) is 12.2 Å². The van der Waals surface area contributed by atoms with Crippen molar-refractivity contribution >= 4 is 0 Å². The van der Waals surface area contributed by atoms with Crippen LogP contribution in [0, 0.1) is 12.3 Å². The third-order valence-corrected chi connectivity index (χ3v) is 1.77. The van der Waals surface area contributed by atoms with E-state index in [-0.39, 0.29) is 0 Å². The molecule has 0 aliphatic carbocycles. The third kappa shape index (κ3) is 11.3. The SMILES string of the molecule is C#CCCC/C=C/CCNCCC. The van der Waals surface area contributed by atoms with Crippen molar-refractivity contribution in [1.29, 1.82) is 0 Å². The van der Waals surface area contributed by atoms with E-state index in [1.165, 1.54) is 6.42 Å². The van der Waals surface area contributed by atoms with E-state index < -0.39 is 0 Å². The van der Waals surface area contributed by atoms with E-state index in [1.54, 1.807) is 0 Å². The van der Waals surface area contributed by atoms with E-state index in [4.69, 9.17) is 6.42 Å². The summed E-state index contributed by atoms with van der Waals surface area (Å²) in [5.74, 6) is 2.64. The average Bonchev–Trinajstić information content (AvgIpc) is 2.16. The predicted octanol–water partition coefficient (Wildman–Crippen LogP) is 2.74. The van der Waals surface area contributed by atoms with Gasteiger partial charge < -0.3 is 5.32 Å². The van der Waals surface area contributed by atoms with Crippen LogP contribution in [0.5, 0.6) is 0 Å². The molecule has 0 amide bonds. The lowest BCUT2D eigenvalue weighted by Gasteiger charge is -1.97. The molecule has 0 aliphatic heterocycles. The van der Waals surface area contributed by atoms with Crippen molar-refractivity contribution in [1.82, 2.24) is 5.32 Å². The Morgan fingerprint density at radius 2 is 2.00 bits per heavy atom. The Hall–Kier alpha value is -0.740. The van der Waals surface area contributed by atoms with Gasteiger partial charge in [0.1, 0.15) is 0 Å². The average molecular weight is 179 g/mol. The minimum Gasteiger partial charge on any atom is -0.316 e. The second-order valence-corrected chi connectivity index (χ2v) is 3.11. The van der Waals surface area contributed by atoms with Gasteiger partial charge in [0.15, 0.2) is 0 Å². The minimum atomic E-state index is 0.901. The van der Waals surface area contributed by atoms with Gasteiger partial charge in [0.2, 0.25) is 0 Å². The molecule has 0 fully saturated rings. The summed E-state index contributed by atoms with van der Waals surface area (Å²) in [7, 11) is 0. The molecule has 0 aromatic heterocycles. The fourth-order valence-corrected chi connectivity index (χ4v) is 1.04. The Labute approximate surface area is 82.6 Å². The predicted molar refractivity (Wildman–Crippen MR) is 59.6 cm³/mol. The molecule has 0 aromatic carbocycles. The minimum absolute atomic E-state index is 0.901. The Morgan fingerprint density at radius 1 is 1.23 bits per heavy atom. The lowest BCUT2D eigenvalue weighted by Crippen LogP contribution is -2.14. The zero-order chi connectivity index (χ0) is 9.78. The Morgan fingerprint density at radius 3 is 2.69 bits per heavy atom. The lowest BCUT2D eigenvalue weighted by atomic mass is 10.2. The van der Waals surface area contributed by atoms with E-state index in [0.29, 0.717) is 0 Å². The van der Waals surface area contributed by atoms with E-state index in [0.717, 1.165) is 38.8 Å². The van der Waals surface area contributed by atoms with Gasteiger partial charge in [0.25, 0.3) is 0 Å². The lowest BCUT2D eigenvalue weighted by molar-refractivity contribution is 0.677. The number of nitrogens with one attached hydrogen (secondary N) is 1. The van der Waals surface area contributed by atoms with Crippen LogP contribution in [0.4, 0.5) is 0 Å². The van der Waals surface area contributed by atoms with Gasteiger partial charge in [-0.2, -0.15) is 0 Å². The maximum atomic E-state index is 5.14. The molecule has 0 bridgehead atoms. The zero-order valence-electron chi connectivity index (χ0n) is 8.68. The topological polar surface area (TPSA) is 12.0 Å². The van der Waals surface area contributed by atoms with Crippen LogP contribution in [0.25, 0.3) is 0 Å². The molecule has 1 nitrogen and oxygen atoms in total. The van der Waals surface area contributed by atoms with Crippen molar-refractivity contribution in [3.63, 3.8) is 0 Å². The first-order valence-electron chi connectivity index (χ1n) is 5.21. The van der Waals surface area contributed by atoms with Gasteiger partial charge in [0.05, 0.1) is 0 Å². The molecular weight excluding hydrogens is 158 g/mol. The number of unbranched alkanes of at least 4 members (excludes halogenated alkanes) is 2. The first kappa shape index (κ1) is 12.3. The van der Waals surface area contributed by atoms with E-state index >= 15 is 0 Å². The maximum absolute atomic E-state index is 5.14. The monoisotopic (exact) mass is 179 g/mol. The molecule has 0 atom stereocenters. The molecule has 1 heteroatoms. The van der Waals surface area contributed by atoms with Crippen LogP contribution in [0.2, 0.25) is 0 Å². The molecule has 1 N–H and O–H groups in total. The molecule has 0 saturated heterocycles. The molecule has 0 aromatic rings. The quantitative estimate of drug-likeness (QED) is 0.343. The molecule has 0 radical (unpaired) electrons. The zero-order valence-corrected chi connectivity index (χ0v) is 8.68. The summed E-state index contributed by atoms with van der Waals surface area (Å²) in [5, 5.41) is 3.35. The van der Waals surface area contributed by atoms with E-state index in [2.05, 4.69) is 30.3 Å². The number of hydrogen-bond acceptors (Lipinski definition) is 1. The van der Waals surface area contributed by atoms with Gasteiger partial charge in [0, 0.05) is 6.42 Å². The van der Waals surface area contributed by atoms with Crippen molar-refractivity contribution in [2.45, 2.75) is 39.0 Å². The fourth-order valence-electron chi connectivity index (χ4n) is 1.04. The normalized spacial score (nSPS) is 10.5. The Balaban J connectivity index is 3.00. The van der Waals surface area contributed by atoms with Crippen molar-refractivity contribution in [2.24, 2.45) is 0 Å². The van der Waals surface area contributed by atoms with Crippen LogP contribution < -0.4 is 5.32 Å². The smallest absolute Gasteiger partial charge is 0.00890 e. The summed E-state index contributed by atoms with van der Waals surface area (Å²) in [4.78, 5) is 0. The van der Waals surface area contributed by atoms with Crippen LogP contribution in [0.3, 0.4) is 0 Å². The molecule has 0 saturated carbocycles. The standard InChI is InChI=1S/C12H21N/c1-3-5-6-7-8-9-10-12-13-11-4-2/h1,8-9,13H,4-7,10-12H2,2H3/b9-8+. The molecule has 0 unspecified atom stereocenters. The second-order valence-electron chi connectivity index (χ2n) is 3.11. The van der Waals surface area contributed by atoms with Gasteiger partial charge in [-0.1, -0.05) is 19.1 Å². The highest BCUT2D eigenvalue weighted by atomic mass is 14.8. The molecule has 13 heavy (non-hydrogen) atoms. The summed E-state index contributed by atoms with van der Waals surface area (Å²) in [6, 6.07) is 0. The van der Waals surface area contributed by atoms with Crippen LogP contribution >= 0.6 is 0 Å². The summed E-state index contributed by atoms with van der Waals surface area (Å²) >= 11 is 0. The molecular formula is C12H21N. The highest BCUT2D eigenvalue weighted by Gasteiger charge is 1.82. The largest absolute Gasteiger partial charge is 0.316 e. The molecule has 0 heterocycles. The maximum Gasteiger partial charge on any atom is 0.00890 e. The van der Waals surface area contributed by atoms with E-state index in [9.17, 15) is 0 Å². The van der Waals surface area contributed by atoms with Crippen molar-refractivity contribution in [3.05, 3.63) is 12.2 Å². The highest BCUT2D eigenvalue weighted by Crippen LogP contribution is 1.95. The van der Waals surface area contributed by atoms with Gasteiger partial charge in [-0.15, -0.1) is 12.3 Å². The summed E-state index contributed by atoms with van der Waals surface area (Å²) < 4.78 is 0. The Bertz CT molecular complexity index is 153.